The number of hydrogen-bond acceptors (Lipinski definition) is 3. The van der Waals surface area contributed by atoms with Crippen LogP contribution in [0.3, 0.4) is 0 Å². The van der Waals surface area contributed by atoms with Gasteiger partial charge in [0.1, 0.15) is 5.82 Å². The second kappa shape index (κ2) is 7.90. The molecule has 116 valence electrons. The highest BCUT2D eigenvalue weighted by Gasteiger charge is 2.26. The van der Waals surface area contributed by atoms with Crippen LogP contribution in [0.1, 0.15) is 38.2 Å². The van der Waals surface area contributed by atoms with Crippen LogP contribution in [-0.2, 0) is 16.1 Å². The van der Waals surface area contributed by atoms with Crippen molar-refractivity contribution >= 4 is 21.9 Å². The number of carbonyl (C=O) groups is 1. The van der Waals surface area contributed by atoms with Gasteiger partial charge in [0.2, 0.25) is 0 Å². The van der Waals surface area contributed by atoms with E-state index in [9.17, 15) is 9.18 Å². The molecule has 2 rings (SSSR count). The lowest BCUT2D eigenvalue weighted by molar-refractivity contribution is -0.149. The lowest BCUT2D eigenvalue weighted by Crippen LogP contribution is -2.35. The van der Waals surface area contributed by atoms with Gasteiger partial charge in [-0.3, -0.25) is 4.79 Å². The zero-order valence-electron chi connectivity index (χ0n) is 12.2. The molecular weight excluding hydrogens is 337 g/mol. The van der Waals surface area contributed by atoms with Crippen LogP contribution in [0.15, 0.2) is 22.7 Å². The van der Waals surface area contributed by atoms with Gasteiger partial charge in [0.15, 0.2) is 0 Å². The van der Waals surface area contributed by atoms with E-state index in [1.54, 1.807) is 12.1 Å². The van der Waals surface area contributed by atoms with E-state index in [4.69, 9.17) is 4.74 Å². The maximum absolute atomic E-state index is 13.2. The van der Waals surface area contributed by atoms with Crippen LogP contribution < -0.4 is 5.32 Å². The topological polar surface area (TPSA) is 38.3 Å². The van der Waals surface area contributed by atoms with Crippen molar-refractivity contribution in [3.05, 3.63) is 34.1 Å². The van der Waals surface area contributed by atoms with E-state index in [1.807, 2.05) is 6.92 Å². The molecule has 0 heterocycles. The molecule has 1 aromatic carbocycles. The first-order chi connectivity index (χ1) is 10.1. The van der Waals surface area contributed by atoms with Crippen molar-refractivity contribution < 1.29 is 13.9 Å². The van der Waals surface area contributed by atoms with E-state index in [-0.39, 0.29) is 17.7 Å². The van der Waals surface area contributed by atoms with Crippen molar-refractivity contribution in [1.29, 1.82) is 0 Å². The number of ether oxygens (including phenoxy) is 1. The summed E-state index contributed by atoms with van der Waals surface area (Å²) in [4.78, 5) is 11.7. The van der Waals surface area contributed by atoms with Crippen LogP contribution in [0.25, 0.3) is 0 Å². The van der Waals surface area contributed by atoms with Crippen molar-refractivity contribution in [2.24, 2.45) is 5.92 Å². The normalized spacial score (nSPS) is 22.0. The molecule has 1 saturated carbocycles. The van der Waals surface area contributed by atoms with Gasteiger partial charge in [-0.05, 0) is 56.4 Å². The highest BCUT2D eigenvalue weighted by atomic mass is 79.9. The van der Waals surface area contributed by atoms with Crippen LogP contribution in [0.5, 0.6) is 0 Å². The molecular formula is C16H21BrFNO2. The summed E-state index contributed by atoms with van der Waals surface area (Å²) in [5, 5.41) is 3.45. The Hall–Kier alpha value is -0.940. The molecule has 1 fully saturated rings. The Labute approximate surface area is 133 Å². The molecule has 0 spiro atoms. The fourth-order valence-electron chi connectivity index (χ4n) is 2.73. The van der Waals surface area contributed by atoms with Gasteiger partial charge < -0.3 is 10.1 Å². The van der Waals surface area contributed by atoms with Gasteiger partial charge in [0, 0.05) is 17.1 Å². The molecule has 3 nitrogen and oxygen atoms in total. The maximum Gasteiger partial charge on any atom is 0.308 e. The van der Waals surface area contributed by atoms with Crippen LogP contribution in [0, 0.1) is 11.7 Å². The highest BCUT2D eigenvalue weighted by molar-refractivity contribution is 9.10. The third-order valence-corrected chi connectivity index (χ3v) is 4.71. The SMILES string of the molecule is CCOC(=O)C1CCC(NCc2cc(F)ccc2Br)CC1. The molecule has 21 heavy (non-hydrogen) atoms. The fourth-order valence-corrected chi connectivity index (χ4v) is 3.11. The minimum atomic E-state index is -0.221. The Morgan fingerprint density at radius 2 is 2.10 bits per heavy atom. The Morgan fingerprint density at radius 3 is 2.76 bits per heavy atom. The molecule has 1 N–H and O–H groups in total. The van der Waals surface area contributed by atoms with E-state index in [2.05, 4.69) is 21.2 Å². The molecule has 0 aliphatic heterocycles. The first-order valence-corrected chi connectivity index (χ1v) is 8.23. The predicted octanol–water partition coefficient (Wildman–Crippen LogP) is 3.80. The van der Waals surface area contributed by atoms with Crippen molar-refractivity contribution in [1.82, 2.24) is 5.32 Å². The Morgan fingerprint density at radius 1 is 1.38 bits per heavy atom. The maximum atomic E-state index is 13.2. The van der Waals surface area contributed by atoms with Gasteiger partial charge in [-0.1, -0.05) is 15.9 Å². The van der Waals surface area contributed by atoms with Crippen molar-refractivity contribution in [3.8, 4) is 0 Å². The summed E-state index contributed by atoms with van der Waals surface area (Å²) in [5.74, 6) is -0.242. The number of benzene rings is 1. The summed E-state index contributed by atoms with van der Waals surface area (Å²) in [6.07, 6.45) is 3.63. The Balaban J connectivity index is 1.79. The smallest absolute Gasteiger partial charge is 0.308 e. The molecule has 0 aromatic heterocycles. The van der Waals surface area contributed by atoms with E-state index in [0.717, 1.165) is 35.7 Å². The van der Waals surface area contributed by atoms with Crippen molar-refractivity contribution in [2.75, 3.05) is 6.61 Å². The molecule has 0 amide bonds. The first kappa shape index (κ1) is 16.4. The van der Waals surface area contributed by atoms with Gasteiger partial charge in [0.05, 0.1) is 12.5 Å². The summed E-state index contributed by atoms with van der Waals surface area (Å²) in [6.45, 7) is 2.92. The van der Waals surface area contributed by atoms with Crippen molar-refractivity contribution in [2.45, 2.75) is 45.2 Å². The lowest BCUT2D eigenvalue weighted by Gasteiger charge is -2.28. The lowest BCUT2D eigenvalue weighted by atomic mass is 9.86. The molecule has 0 unspecified atom stereocenters. The van der Waals surface area contributed by atoms with Crippen LogP contribution in [0.4, 0.5) is 4.39 Å². The van der Waals surface area contributed by atoms with Gasteiger partial charge in [-0.15, -0.1) is 0 Å². The number of hydrogen-bond donors (Lipinski definition) is 1. The zero-order valence-corrected chi connectivity index (χ0v) is 13.8. The van der Waals surface area contributed by atoms with Crippen LogP contribution >= 0.6 is 15.9 Å². The molecule has 0 saturated heterocycles. The minimum Gasteiger partial charge on any atom is -0.466 e. The number of rotatable bonds is 5. The minimum absolute atomic E-state index is 0.0453. The van der Waals surface area contributed by atoms with Gasteiger partial charge >= 0.3 is 5.97 Å². The number of nitrogens with one attached hydrogen (secondary N) is 1. The standard InChI is InChI=1S/C16H21BrFNO2/c1-2-21-16(20)11-3-6-14(7-4-11)19-10-12-9-13(18)5-8-15(12)17/h5,8-9,11,14,19H,2-4,6-7,10H2,1H3. The third kappa shape index (κ3) is 4.78. The van der Waals surface area contributed by atoms with Gasteiger partial charge in [-0.2, -0.15) is 0 Å². The summed E-state index contributed by atoms with van der Waals surface area (Å²) < 4.78 is 19.2. The molecule has 1 aliphatic carbocycles. The van der Waals surface area contributed by atoms with Crippen molar-refractivity contribution in [3.63, 3.8) is 0 Å². The molecule has 0 radical (unpaired) electrons. The van der Waals surface area contributed by atoms with E-state index >= 15 is 0 Å². The number of esters is 1. The summed E-state index contributed by atoms with van der Waals surface area (Å²) in [5.41, 5.74) is 0.919. The highest BCUT2D eigenvalue weighted by Crippen LogP contribution is 2.26. The summed E-state index contributed by atoms with van der Waals surface area (Å²) in [6, 6.07) is 5.09. The Kier molecular flexibility index (Phi) is 6.18. The monoisotopic (exact) mass is 357 g/mol. The molecule has 1 aromatic rings. The zero-order chi connectivity index (χ0) is 15.2. The van der Waals surface area contributed by atoms with E-state index < -0.39 is 0 Å². The molecule has 5 heteroatoms. The largest absolute Gasteiger partial charge is 0.466 e. The summed E-state index contributed by atoms with van der Waals surface area (Å²) in [7, 11) is 0. The number of carbonyl (C=O) groups excluding carboxylic acids is 1. The third-order valence-electron chi connectivity index (χ3n) is 3.94. The van der Waals surface area contributed by atoms with Crippen LogP contribution in [0.2, 0.25) is 0 Å². The van der Waals surface area contributed by atoms with E-state index in [0.29, 0.717) is 19.2 Å². The van der Waals surface area contributed by atoms with Gasteiger partial charge in [-0.25, -0.2) is 4.39 Å². The average molecular weight is 358 g/mol. The van der Waals surface area contributed by atoms with E-state index in [1.165, 1.54) is 6.07 Å². The van der Waals surface area contributed by atoms with Crippen LogP contribution in [-0.4, -0.2) is 18.6 Å². The molecule has 0 bridgehead atoms. The second-order valence-electron chi connectivity index (χ2n) is 5.42. The fraction of sp³-hybridized carbons (Fsp3) is 0.562. The summed E-state index contributed by atoms with van der Waals surface area (Å²) >= 11 is 3.43. The first-order valence-electron chi connectivity index (χ1n) is 7.44. The number of halogens is 2. The molecule has 0 atom stereocenters. The van der Waals surface area contributed by atoms with Gasteiger partial charge in [0.25, 0.3) is 0 Å². The Bertz CT molecular complexity index is 487. The quantitative estimate of drug-likeness (QED) is 0.814. The second-order valence-corrected chi connectivity index (χ2v) is 6.27. The average Bonchev–Trinajstić information content (AvgIpc) is 2.49. The molecule has 1 aliphatic rings. The predicted molar refractivity (Wildman–Crippen MR) is 83.3 cm³/mol.